The van der Waals surface area contributed by atoms with Gasteiger partial charge in [0.1, 0.15) is 0 Å². The Balaban J connectivity index is 3.49. The number of hydrogen-bond donors (Lipinski definition) is 2. The van der Waals surface area contributed by atoms with Crippen molar-refractivity contribution in [1.82, 2.24) is 5.32 Å². The Labute approximate surface area is 107 Å². The fraction of sp³-hybridized carbons (Fsp3) is 1.00. The van der Waals surface area contributed by atoms with Gasteiger partial charge in [0.15, 0.2) is 0 Å². The van der Waals surface area contributed by atoms with Gasteiger partial charge >= 0.3 is 0 Å². The van der Waals surface area contributed by atoms with Crippen LogP contribution in [0.3, 0.4) is 0 Å². The molecule has 104 valence electrons. The highest BCUT2D eigenvalue weighted by Crippen LogP contribution is 2.24. The maximum absolute atomic E-state index is 9.41. The molecule has 2 N–H and O–H groups in total. The van der Waals surface area contributed by atoms with E-state index < -0.39 is 0 Å². The summed E-state index contributed by atoms with van der Waals surface area (Å²) in [6.07, 6.45) is 3.16. The van der Waals surface area contributed by atoms with Gasteiger partial charge in [0.05, 0.1) is 6.61 Å². The smallest absolute Gasteiger partial charge is 0.0590 e. The van der Waals surface area contributed by atoms with E-state index in [0.717, 1.165) is 45.6 Å². The average molecular weight is 245 g/mol. The summed E-state index contributed by atoms with van der Waals surface area (Å²) in [4.78, 5) is 0. The number of rotatable bonds is 11. The highest BCUT2D eigenvalue weighted by Gasteiger charge is 2.24. The molecule has 17 heavy (non-hydrogen) atoms. The largest absolute Gasteiger partial charge is 0.396 e. The Morgan fingerprint density at radius 1 is 1.18 bits per heavy atom. The predicted octanol–water partition coefficient (Wildman–Crippen LogP) is 2.44. The van der Waals surface area contributed by atoms with Gasteiger partial charge in [-0.05, 0) is 25.2 Å². The van der Waals surface area contributed by atoms with Crippen LogP contribution >= 0.6 is 0 Å². The molecule has 0 atom stereocenters. The molecule has 0 aromatic carbocycles. The molecule has 0 aliphatic rings. The summed E-state index contributed by atoms with van der Waals surface area (Å²) >= 11 is 0. The Kier molecular flexibility index (Phi) is 9.79. The van der Waals surface area contributed by atoms with Gasteiger partial charge in [-0.3, -0.25) is 0 Å². The molecule has 0 fully saturated rings. The molecule has 0 heterocycles. The molecule has 0 aromatic heterocycles. The zero-order chi connectivity index (χ0) is 13.1. The second kappa shape index (κ2) is 9.86. The van der Waals surface area contributed by atoms with Gasteiger partial charge in [-0.25, -0.2) is 0 Å². The third kappa shape index (κ3) is 7.74. The summed E-state index contributed by atoms with van der Waals surface area (Å²) in [5.74, 6) is 0.713. The van der Waals surface area contributed by atoms with Crippen LogP contribution in [0, 0.1) is 11.3 Å². The van der Waals surface area contributed by atoms with Gasteiger partial charge in [0.2, 0.25) is 0 Å². The SMILES string of the molecule is CCC(CC)(CO)CNCCOCCC(C)C. The van der Waals surface area contributed by atoms with Crippen molar-refractivity contribution >= 4 is 0 Å². The van der Waals surface area contributed by atoms with Gasteiger partial charge in [-0.2, -0.15) is 0 Å². The van der Waals surface area contributed by atoms with Crippen LogP contribution in [0.5, 0.6) is 0 Å². The zero-order valence-corrected chi connectivity index (χ0v) is 12.1. The minimum atomic E-state index is 0.0535. The molecule has 0 unspecified atom stereocenters. The van der Waals surface area contributed by atoms with E-state index in [4.69, 9.17) is 4.74 Å². The normalized spacial score (nSPS) is 12.4. The molecule has 0 radical (unpaired) electrons. The highest BCUT2D eigenvalue weighted by atomic mass is 16.5. The van der Waals surface area contributed by atoms with Gasteiger partial charge in [-0.1, -0.05) is 27.7 Å². The topological polar surface area (TPSA) is 41.5 Å². The van der Waals surface area contributed by atoms with Crippen LogP contribution in [0.1, 0.15) is 47.0 Å². The summed E-state index contributed by atoms with van der Waals surface area (Å²) in [5.41, 5.74) is 0.0535. The first-order chi connectivity index (χ1) is 8.10. The van der Waals surface area contributed by atoms with Crippen LogP contribution in [0.4, 0.5) is 0 Å². The van der Waals surface area contributed by atoms with Crippen LogP contribution in [0.15, 0.2) is 0 Å². The van der Waals surface area contributed by atoms with Crippen molar-refractivity contribution < 1.29 is 9.84 Å². The van der Waals surface area contributed by atoms with E-state index >= 15 is 0 Å². The molecule has 0 amide bonds. The highest BCUT2D eigenvalue weighted by molar-refractivity contribution is 4.77. The van der Waals surface area contributed by atoms with E-state index in [-0.39, 0.29) is 12.0 Å². The Morgan fingerprint density at radius 3 is 2.29 bits per heavy atom. The van der Waals surface area contributed by atoms with Gasteiger partial charge < -0.3 is 15.2 Å². The van der Waals surface area contributed by atoms with E-state index in [0.29, 0.717) is 5.92 Å². The Morgan fingerprint density at radius 2 is 1.82 bits per heavy atom. The minimum Gasteiger partial charge on any atom is -0.396 e. The molecule has 0 saturated heterocycles. The summed E-state index contributed by atoms with van der Waals surface area (Å²) < 4.78 is 5.54. The van der Waals surface area contributed by atoms with Crippen molar-refractivity contribution in [3.8, 4) is 0 Å². The Hall–Kier alpha value is -0.120. The first kappa shape index (κ1) is 16.9. The number of ether oxygens (including phenoxy) is 1. The summed E-state index contributed by atoms with van der Waals surface area (Å²) in [5, 5.41) is 12.8. The molecule has 0 aromatic rings. The van der Waals surface area contributed by atoms with E-state index in [1.807, 2.05) is 0 Å². The van der Waals surface area contributed by atoms with Crippen molar-refractivity contribution in [3.63, 3.8) is 0 Å². The van der Waals surface area contributed by atoms with Crippen LogP contribution in [0.25, 0.3) is 0 Å². The third-order valence-electron chi connectivity index (χ3n) is 3.60. The second-order valence-electron chi connectivity index (χ2n) is 5.34. The lowest BCUT2D eigenvalue weighted by molar-refractivity contribution is 0.0995. The van der Waals surface area contributed by atoms with Crippen molar-refractivity contribution in [1.29, 1.82) is 0 Å². The predicted molar refractivity (Wildman–Crippen MR) is 73.2 cm³/mol. The van der Waals surface area contributed by atoms with Crippen molar-refractivity contribution in [2.75, 3.05) is 32.9 Å². The third-order valence-corrected chi connectivity index (χ3v) is 3.60. The van der Waals surface area contributed by atoms with Crippen LogP contribution in [-0.4, -0.2) is 38.0 Å². The van der Waals surface area contributed by atoms with Crippen LogP contribution in [-0.2, 0) is 4.74 Å². The number of hydrogen-bond acceptors (Lipinski definition) is 3. The van der Waals surface area contributed by atoms with E-state index in [2.05, 4.69) is 33.0 Å². The van der Waals surface area contributed by atoms with Crippen LogP contribution < -0.4 is 5.32 Å². The molecule has 0 saturated carbocycles. The molecule has 0 spiro atoms. The Bertz CT molecular complexity index is 159. The maximum Gasteiger partial charge on any atom is 0.0590 e. The van der Waals surface area contributed by atoms with Gasteiger partial charge in [0.25, 0.3) is 0 Å². The summed E-state index contributed by atoms with van der Waals surface area (Å²) in [7, 11) is 0. The lowest BCUT2D eigenvalue weighted by Gasteiger charge is -2.29. The van der Waals surface area contributed by atoms with Crippen LogP contribution in [0.2, 0.25) is 0 Å². The first-order valence-corrected chi connectivity index (χ1v) is 6.99. The fourth-order valence-electron chi connectivity index (χ4n) is 1.70. The van der Waals surface area contributed by atoms with Crippen molar-refractivity contribution in [2.24, 2.45) is 11.3 Å². The number of aliphatic hydroxyl groups is 1. The summed E-state index contributed by atoms with van der Waals surface area (Å²) in [6.45, 7) is 12.3. The van der Waals surface area contributed by atoms with Gasteiger partial charge in [0, 0.05) is 31.7 Å². The van der Waals surface area contributed by atoms with E-state index in [9.17, 15) is 5.11 Å². The standard InChI is InChI=1S/C14H31NO2/c1-5-14(6-2,12-16)11-15-8-10-17-9-7-13(3)4/h13,15-16H,5-12H2,1-4H3. The zero-order valence-electron chi connectivity index (χ0n) is 12.1. The van der Waals surface area contributed by atoms with Crippen molar-refractivity contribution in [3.05, 3.63) is 0 Å². The average Bonchev–Trinajstić information content (AvgIpc) is 2.33. The molecule has 0 bridgehead atoms. The maximum atomic E-state index is 9.41. The molecule has 0 aliphatic carbocycles. The van der Waals surface area contributed by atoms with Gasteiger partial charge in [-0.15, -0.1) is 0 Å². The molecule has 3 heteroatoms. The molecule has 0 rings (SSSR count). The fourth-order valence-corrected chi connectivity index (χ4v) is 1.70. The van der Waals surface area contributed by atoms with Crippen molar-refractivity contribution in [2.45, 2.75) is 47.0 Å². The number of nitrogens with one attached hydrogen (secondary N) is 1. The molecule has 3 nitrogen and oxygen atoms in total. The number of aliphatic hydroxyl groups excluding tert-OH is 1. The van der Waals surface area contributed by atoms with E-state index in [1.165, 1.54) is 0 Å². The second-order valence-corrected chi connectivity index (χ2v) is 5.34. The lowest BCUT2D eigenvalue weighted by atomic mass is 9.83. The first-order valence-electron chi connectivity index (χ1n) is 6.99. The molecular formula is C14H31NO2. The minimum absolute atomic E-state index is 0.0535. The molecule has 0 aliphatic heterocycles. The monoisotopic (exact) mass is 245 g/mol. The lowest BCUT2D eigenvalue weighted by Crippen LogP contribution is -2.37. The molecular weight excluding hydrogens is 214 g/mol. The summed E-state index contributed by atoms with van der Waals surface area (Å²) in [6, 6.07) is 0. The quantitative estimate of drug-likeness (QED) is 0.549. The van der Waals surface area contributed by atoms with E-state index in [1.54, 1.807) is 0 Å².